The summed E-state index contributed by atoms with van der Waals surface area (Å²) in [6.45, 7) is 0. The van der Waals surface area contributed by atoms with Gasteiger partial charge in [0, 0.05) is 11.6 Å². The van der Waals surface area contributed by atoms with E-state index in [1.54, 1.807) is 11.6 Å². The molecule has 0 unspecified atom stereocenters. The summed E-state index contributed by atoms with van der Waals surface area (Å²) in [7, 11) is 0. The van der Waals surface area contributed by atoms with Gasteiger partial charge in [-0.05, 0) is 12.8 Å². The van der Waals surface area contributed by atoms with Crippen molar-refractivity contribution in [1.29, 1.82) is 0 Å². The number of carbonyl (C=O) groups is 2. The van der Waals surface area contributed by atoms with Crippen LogP contribution in [0, 0.1) is 0 Å². The van der Waals surface area contributed by atoms with Crippen LogP contribution in [0.1, 0.15) is 32.1 Å². The van der Waals surface area contributed by atoms with Crippen LogP contribution in [0.4, 0.5) is 9.93 Å². The topological polar surface area (TPSA) is 91.3 Å². The second-order valence-corrected chi connectivity index (χ2v) is 5.37. The third-order valence-electron chi connectivity index (χ3n) is 3.08. The molecule has 7 heteroatoms. The number of thiazole rings is 1. The number of anilines is 1. The molecule has 0 radical (unpaired) electrons. The van der Waals surface area contributed by atoms with Crippen molar-refractivity contribution in [2.45, 2.75) is 37.6 Å². The van der Waals surface area contributed by atoms with E-state index in [1.165, 1.54) is 11.3 Å². The van der Waals surface area contributed by atoms with E-state index in [1.807, 2.05) is 0 Å². The third-order valence-corrected chi connectivity index (χ3v) is 3.77. The number of urea groups is 1. The van der Waals surface area contributed by atoms with Crippen LogP contribution in [0.25, 0.3) is 0 Å². The smallest absolute Gasteiger partial charge is 0.321 e. The Kier molecular flexibility index (Phi) is 3.81. The molecule has 98 valence electrons. The van der Waals surface area contributed by atoms with Crippen LogP contribution in [0.3, 0.4) is 0 Å². The maximum absolute atomic E-state index is 11.8. The SMILES string of the molecule is O=C(O)CC1(NC(=O)Nc2nccs2)CCCC1. The van der Waals surface area contributed by atoms with E-state index >= 15 is 0 Å². The first-order valence-corrected chi connectivity index (χ1v) is 6.68. The highest BCUT2D eigenvalue weighted by Gasteiger charge is 2.37. The molecular weight excluding hydrogens is 254 g/mol. The quantitative estimate of drug-likeness (QED) is 0.780. The molecule has 2 amide bonds. The second kappa shape index (κ2) is 5.34. The van der Waals surface area contributed by atoms with Gasteiger partial charge in [-0.1, -0.05) is 12.8 Å². The van der Waals surface area contributed by atoms with Crippen molar-refractivity contribution in [2.24, 2.45) is 0 Å². The molecule has 1 heterocycles. The van der Waals surface area contributed by atoms with E-state index in [-0.39, 0.29) is 12.5 Å². The number of amides is 2. The second-order valence-electron chi connectivity index (χ2n) is 4.47. The van der Waals surface area contributed by atoms with Crippen molar-refractivity contribution >= 4 is 28.5 Å². The first-order chi connectivity index (χ1) is 8.60. The first-order valence-electron chi connectivity index (χ1n) is 5.80. The third kappa shape index (κ3) is 3.19. The van der Waals surface area contributed by atoms with Gasteiger partial charge >= 0.3 is 12.0 Å². The van der Waals surface area contributed by atoms with E-state index in [0.717, 1.165) is 12.8 Å². The van der Waals surface area contributed by atoms with Gasteiger partial charge in [-0.15, -0.1) is 11.3 Å². The molecule has 0 atom stereocenters. The van der Waals surface area contributed by atoms with Crippen molar-refractivity contribution < 1.29 is 14.7 Å². The van der Waals surface area contributed by atoms with E-state index in [9.17, 15) is 9.59 Å². The van der Waals surface area contributed by atoms with Gasteiger partial charge in [0.2, 0.25) is 0 Å². The Morgan fingerprint density at radius 2 is 2.17 bits per heavy atom. The molecule has 0 saturated heterocycles. The number of nitrogens with zero attached hydrogens (tertiary/aromatic N) is 1. The van der Waals surface area contributed by atoms with Gasteiger partial charge < -0.3 is 10.4 Å². The number of carbonyl (C=O) groups excluding carboxylic acids is 1. The fourth-order valence-corrected chi connectivity index (χ4v) is 2.87. The summed E-state index contributed by atoms with van der Waals surface area (Å²) in [6.07, 6.45) is 4.89. The molecule has 1 saturated carbocycles. The fraction of sp³-hybridized carbons (Fsp3) is 0.545. The summed E-state index contributed by atoms with van der Waals surface area (Å²) in [5.74, 6) is -0.883. The number of nitrogens with one attached hydrogen (secondary N) is 2. The predicted octanol–water partition coefficient (Wildman–Crippen LogP) is 2.05. The van der Waals surface area contributed by atoms with E-state index in [0.29, 0.717) is 18.0 Å². The summed E-state index contributed by atoms with van der Waals surface area (Å²) >= 11 is 1.32. The van der Waals surface area contributed by atoms with E-state index in [2.05, 4.69) is 15.6 Å². The van der Waals surface area contributed by atoms with Gasteiger partial charge in [-0.3, -0.25) is 10.1 Å². The average Bonchev–Trinajstić information content (AvgIpc) is 2.89. The van der Waals surface area contributed by atoms with Crippen LogP contribution < -0.4 is 10.6 Å². The van der Waals surface area contributed by atoms with Crippen molar-refractivity contribution in [1.82, 2.24) is 10.3 Å². The number of aliphatic carboxylic acids is 1. The van der Waals surface area contributed by atoms with Crippen LogP contribution in [0.2, 0.25) is 0 Å². The van der Waals surface area contributed by atoms with Gasteiger partial charge in [0.15, 0.2) is 5.13 Å². The van der Waals surface area contributed by atoms with E-state index in [4.69, 9.17) is 5.11 Å². The van der Waals surface area contributed by atoms with Gasteiger partial charge in [0.25, 0.3) is 0 Å². The van der Waals surface area contributed by atoms with Crippen molar-refractivity contribution in [2.75, 3.05) is 5.32 Å². The maximum atomic E-state index is 11.8. The molecule has 18 heavy (non-hydrogen) atoms. The Bertz CT molecular complexity index is 427. The van der Waals surface area contributed by atoms with Crippen LogP contribution >= 0.6 is 11.3 Å². The molecule has 6 nitrogen and oxygen atoms in total. The summed E-state index contributed by atoms with van der Waals surface area (Å²) in [5, 5.41) is 16.6. The Morgan fingerprint density at radius 1 is 1.44 bits per heavy atom. The maximum Gasteiger partial charge on any atom is 0.321 e. The van der Waals surface area contributed by atoms with Crippen LogP contribution in [0.15, 0.2) is 11.6 Å². The Hall–Kier alpha value is -1.63. The highest BCUT2D eigenvalue weighted by molar-refractivity contribution is 7.13. The summed E-state index contributed by atoms with van der Waals surface area (Å²) in [4.78, 5) is 26.6. The summed E-state index contributed by atoms with van der Waals surface area (Å²) in [5.41, 5.74) is -0.604. The highest BCUT2D eigenvalue weighted by Crippen LogP contribution is 2.32. The molecule has 2 rings (SSSR count). The lowest BCUT2D eigenvalue weighted by Gasteiger charge is -2.28. The number of aromatic nitrogens is 1. The Morgan fingerprint density at radius 3 is 2.72 bits per heavy atom. The Balaban J connectivity index is 1.96. The number of hydrogen-bond acceptors (Lipinski definition) is 4. The minimum absolute atomic E-state index is 0.0295. The molecule has 0 aliphatic heterocycles. The largest absolute Gasteiger partial charge is 0.481 e. The van der Waals surface area contributed by atoms with Gasteiger partial charge in [-0.2, -0.15) is 0 Å². The summed E-state index contributed by atoms with van der Waals surface area (Å²) in [6, 6.07) is -0.381. The fourth-order valence-electron chi connectivity index (χ4n) is 2.34. The molecule has 1 aromatic rings. The normalized spacial score (nSPS) is 17.3. The standard InChI is InChI=1S/C11H15N3O3S/c15-8(16)7-11(3-1-2-4-11)14-9(17)13-10-12-5-6-18-10/h5-6H,1-4,7H2,(H,15,16)(H2,12,13,14,17). The Labute approximate surface area is 108 Å². The van der Waals surface area contributed by atoms with Crippen molar-refractivity contribution in [3.05, 3.63) is 11.6 Å². The highest BCUT2D eigenvalue weighted by atomic mass is 32.1. The molecule has 1 aliphatic rings. The zero-order valence-corrected chi connectivity index (χ0v) is 10.6. The van der Waals surface area contributed by atoms with Gasteiger partial charge in [0.1, 0.15) is 0 Å². The zero-order valence-electron chi connectivity index (χ0n) is 9.81. The molecule has 0 bridgehead atoms. The van der Waals surface area contributed by atoms with E-state index < -0.39 is 11.5 Å². The lowest BCUT2D eigenvalue weighted by Crippen LogP contribution is -2.49. The van der Waals surface area contributed by atoms with Crippen LogP contribution in [-0.2, 0) is 4.79 Å². The molecule has 3 N–H and O–H groups in total. The number of hydrogen-bond donors (Lipinski definition) is 3. The molecular formula is C11H15N3O3S. The molecule has 1 aromatic heterocycles. The average molecular weight is 269 g/mol. The monoisotopic (exact) mass is 269 g/mol. The first kappa shape index (κ1) is 12.8. The number of rotatable bonds is 4. The van der Waals surface area contributed by atoms with Gasteiger partial charge in [0.05, 0.1) is 12.0 Å². The number of carboxylic acids is 1. The number of carboxylic acid groups (broad SMARTS) is 1. The summed E-state index contributed by atoms with van der Waals surface area (Å²) < 4.78 is 0. The minimum atomic E-state index is -0.883. The van der Waals surface area contributed by atoms with Gasteiger partial charge in [-0.25, -0.2) is 9.78 Å². The van der Waals surface area contributed by atoms with Crippen LogP contribution in [-0.4, -0.2) is 27.6 Å². The predicted molar refractivity (Wildman–Crippen MR) is 67.7 cm³/mol. The molecule has 1 fully saturated rings. The van der Waals surface area contributed by atoms with Crippen LogP contribution in [0.5, 0.6) is 0 Å². The molecule has 1 aliphatic carbocycles. The van der Waals surface area contributed by atoms with Crippen molar-refractivity contribution in [3.8, 4) is 0 Å². The van der Waals surface area contributed by atoms with Crippen molar-refractivity contribution in [3.63, 3.8) is 0 Å². The minimum Gasteiger partial charge on any atom is -0.481 e. The molecule has 0 aromatic carbocycles. The lowest BCUT2D eigenvalue weighted by atomic mass is 9.93. The zero-order chi connectivity index (χ0) is 13.0. The molecule has 0 spiro atoms. The lowest BCUT2D eigenvalue weighted by molar-refractivity contribution is -0.138.